The molecule has 0 bridgehead atoms. The number of carbonyl (C=O) groups excluding carboxylic acids is 1. The van der Waals surface area contributed by atoms with Crippen LogP contribution in [0.4, 0.5) is 0 Å². The Labute approximate surface area is 188 Å². The summed E-state index contributed by atoms with van der Waals surface area (Å²) in [6, 6.07) is 14.8. The Morgan fingerprint density at radius 3 is 2.57 bits per heavy atom. The highest BCUT2D eigenvalue weighted by molar-refractivity contribution is 9.10. The van der Waals surface area contributed by atoms with Crippen molar-refractivity contribution in [3.05, 3.63) is 64.4 Å². The van der Waals surface area contributed by atoms with Crippen molar-refractivity contribution < 1.29 is 14.3 Å². The lowest BCUT2D eigenvalue weighted by Gasteiger charge is -2.10. The fourth-order valence-corrected chi connectivity index (χ4v) is 4.04. The van der Waals surface area contributed by atoms with E-state index in [9.17, 15) is 4.79 Å². The lowest BCUT2D eigenvalue weighted by molar-refractivity contribution is 0.0948. The average molecular weight is 491 g/mol. The molecule has 2 aromatic carbocycles. The van der Waals surface area contributed by atoms with Gasteiger partial charge in [-0.2, -0.15) is 0 Å². The Morgan fingerprint density at radius 2 is 1.87 bits per heavy atom. The molecular formula is C21H23BrN4O3S. The molecule has 7 nitrogen and oxygen atoms in total. The first kappa shape index (κ1) is 22.2. The summed E-state index contributed by atoms with van der Waals surface area (Å²) < 4.78 is 13.6. The van der Waals surface area contributed by atoms with Gasteiger partial charge in [-0.25, -0.2) is 0 Å². The predicted molar refractivity (Wildman–Crippen MR) is 120 cm³/mol. The summed E-state index contributed by atoms with van der Waals surface area (Å²) in [7, 11) is 1.64. The molecule has 1 amide bonds. The van der Waals surface area contributed by atoms with Gasteiger partial charge in [0.1, 0.15) is 11.5 Å². The quantitative estimate of drug-likeness (QED) is 0.339. The molecule has 30 heavy (non-hydrogen) atoms. The van der Waals surface area contributed by atoms with Gasteiger partial charge in [-0.15, -0.1) is 10.2 Å². The number of nitrogens with one attached hydrogen (secondary N) is 1. The molecule has 0 atom stereocenters. The van der Waals surface area contributed by atoms with Gasteiger partial charge in [0, 0.05) is 16.8 Å². The third-order valence-electron chi connectivity index (χ3n) is 4.28. The van der Waals surface area contributed by atoms with E-state index in [0.29, 0.717) is 18.7 Å². The summed E-state index contributed by atoms with van der Waals surface area (Å²) in [6.07, 6.45) is 0. The Bertz CT molecular complexity index is 979. The summed E-state index contributed by atoms with van der Waals surface area (Å²) in [6.45, 7) is 3.60. The molecular weight excluding hydrogens is 468 g/mol. The summed E-state index contributed by atoms with van der Waals surface area (Å²) in [5.74, 6) is 2.88. The van der Waals surface area contributed by atoms with Crippen molar-refractivity contribution in [2.75, 3.05) is 19.5 Å². The van der Waals surface area contributed by atoms with Crippen molar-refractivity contribution in [2.24, 2.45) is 0 Å². The summed E-state index contributed by atoms with van der Waals surface area (Å²) in [5.41, 5.74) is 0.588. The zero-order valence-corrected chi connectivity index (χ0v) is 19.2. The van der Waals surface area contributed by atoms with Crippen LogP contribution in [0.25, 0.3) is 0 Å². The normalized spacial score (nSPS) is 10.6. The molecule has 0 aliphatic rings. The van der Waals surface area contributed by atoms with E-state index < -0.39 is 0 Å². The molecule has 0 radical (unpaired) electrons. The number of methoxy groups -OCH3 is 1. The molecule has 3 aromatic rings. The minimum atomic E-state index is -0.157. The van der Waals surface area contributed by atoms with Crippen molar-refractivity contribution in [2.45, 2.75) is 25.2 Å². The molecule has 158 valence electrons. The molecule has 1 N–H and O–H groups in total. The van der Waals surface area contributed by atoms with Crippen LogP contribution >= 0.6 is 27.7 Å². The van der Waals surface area contributed by atoms with Crippen molar-refractivity contribution in [3.8, 4) is 11.5 Å². The Balaban J connectivity index is 1.51. The molecule has 0 fully saturated rings. The predicted octanol–water partition coefficient (Wildman–Crippen LogP) is 4.17. The number of rotatable bonds is 10. The molecule has 0 saturated carbocycles. The van der Waals surface area contributed by atoms with Gasteiger partial charge in [-0.1, -0.05) is 23.9 Å². The zero-order chi connectivity index (χ0) is 21.3. The third kappa shape index (κ3) is 5.76. The number of ether oxygens (including phenoxy) is 2. The number of hydrogen-bond donors (Lipinski definition) is 1. The standard InChI is InChI=1S/C21H23BrN4O3S/c1-3-26-19(14-23-20(27)17-6-4-5-7-18(17)22)24-25-21(26)30-13-12-29-16-10-8-15(28-2)9-11-16/h4-11H,3,12-14H2,1-2H3,(H,23,27). The van der Waals surface area contributed by atoms with E-state index in [1.54, 1.807) is 24.9 Å². The average Bonchev–Trinajstić information content (AvgIpc) is 3.17. The van der Waals surface area contributed by atoms with Gasteiger partial charge < -0.3 is 19.4 Å². The van der Waals surface area contributed by atoms with Gasteiger partial charge in [0.2, 0.25) is 0 Å². The summed E-state index contributed by atoms with van der Waals surface area (Å²) in [4.78, 5) is 12.4. The number of hydrogen-bond acceptors (Lipinski definition) is 6. The van der Waals surface area contributed by atoms with E-state index in [1.807, 2.05) is 54.0 Å². The molecule has 0 saturated heterocycles. The lowest BCUT2D eigenvalue weighted by atomic mass is 10.2. The van der Waals surface area contributed by atoms with Gasteiger partial charge in [-0.3, -0.25) is 4.79 Å². The maximum absolute atomic E-state index is 12.4. The van der Waals surface area contributed by atoms with E-state index in [4.69, 9.17) is 9.47 Å². The summed E-state index contributed by atoms with van der Waals surface area (Å²) >= 11 is 4.97. The van der Waals surface area contributed by atoms with Crippen molar-refractivity contribution in [1.82, 2.24) is 20.1 Å². The van der Waals surface area contributed by atoms with Crippen LogP contribution in [0.15, 0.2) is 58.2 Å². The van der Waals surface area contributed by atoms with Crippen LogP contribution in [-0.2, 0) is 13.1 Å². The fraction of sp³-hybridized carbons (Fsp3) is 0.286. The maximum atomic E-state index is 12.4. The first-order valence-corrected chi connectivity index (χ1v) is 11.2. The van der Waals surface area contributed by atoms with Crippen LogP contribution in [0.1, 0.15) is 23.1 Å². The highest BCUT2D eigenvalue weighted by Crippen LogP contribution is 2.20. The van der Waals surface area contributed by atoms with Crippen molar-refractivity contribution in [3.63, 3.8) is 0 Å². The SMILES string of the molecule is CCn1c(CNC(=O)c2ccccc2Br)nnc1SCCOc1ccc(OC)cc1. The van der Waals surface area contributed by atoms with E-state index in [0.717, 1.165) is 39.3 Å². The van der Waals surface area contributed by atoms with E-state index in [-0.39, 0.29) is 5.91 Å². The van der Waals surface area contributed by atoms with Crippen LogP contribution < -0.4 is 14.8 Å². The van der Waals surface area contributed by atoms with Crippen molar-refractivity contribution >= 4 is 33.6 Å². The molecule has 3 rings (SSSR count). The van der Waals surface area contributed by atoms with Gasteiger partial charge in [0.25, 0.3) is 5.91 Å². The Kier molecular flexibility index (Phi) is 8.15. The Hall–Kier alpha value is -2.52. The third-order valence-corrected chi connectivity index (χ3v) is 5.90. The lowest BCUT2D eigenvalue weighted by Crippen LogP contribution is -2.25. The van der Waals surface area contributed by atoms with E-state index in [1.165, 1.54) is 0 Å². The van der Waals surface area contributed by atoms with Crippen molar-refractivity contribution in [1.29, 1.82) is 0 Å². The van der Waals surface area contributed by atoms with Crippen LogP contribution in [-0.4, -0.2) is 40.1 Å². The largest absolute Gasteiger partial charge is 0.497 e. The highest BCUT2D eigenvalue weighted by atomic mass is 79.9. The van der Waals surface area contributed by atoms with Gasteiger partial charge in [0.05, 0.1) is 25.8 Å². The molecule has 1 heterocycles. The topological polar surface area (TPSA) is 78.3 Å². The number of carbonyl (C=O) groups is 1. The number of halogens is 1. The first-order valence-electron chi connectivity index (χ1n) is 9.46. The monoisotopic (exact) mass is 490 g/mol. The molecule has 0 aliphatic carbocycles. The van der Waals surface area contributed by atoms with Crippen LogP contribution in [0, 0.1) is 0 Å². The molecule has 9 heteroatoms. The first-order chi connectivity index (χ1) is 14.6. The number of aromatic nitrogens is 3. The molecule has 0 aliphatic heterocycles. The number of benzene rings is 2. The van der Waals surface area contributed by atoms with Gasteiger partial charge in [0.15, 0.2) is 11.0 Å². The second kappa shape index (κ2) is 11.0. The van der Waals surface area contributed by atoms with Gasteiger partial charge in [-0.05, 0) is 59.3 Å². The molecule has 1 aromatic heterocycles. The Morgan fingerprint density at radius 1 is 1.13 bits per heavy atom. The van der Waals surface area contributed by atoms with Gasteiger partial charge >= 0.3 is 0 Å². The second-order valence-corrected chi connectivity index (χ2v) is 8.09. The van der Waals surface area contributed by atoms with E-state index in [2.05, 4.69) is 31.4 Å². The minimum Gasteiger partial charge on any atom is -0.497 e. The highest BCUT2D eigenvalue weighted by Gasteiger charge is 2.14. The smallest absolute Gasteiger partial charge is 0.252 e. The van der Waals surface area contributed by atoms with Crippen LogP contribution in [0.3, 0.4) is 0 Å². The zero-order valence-electron chi connectivity index (χ0n) is 16.8. The molecule has 0 unspecified atom stereocenters. The van der Waals surface area contributed by atoms with Crippen LogP contribution in [0.5, 0.6) is 11.5 Å². The minimum absolute atomic E-state index is 0.157. The second-order valence-electron chi connectivity index (χ2n) is 6.18. The number of thioether (sulfide) groups is 1. The fourth-order valence-electron chi connectivity index (χ4n) is 2.74. The number of amides is 1. The van der Waals surface area contributed by atoms with E-state index >= 15 is 0 Å². The van der Waals surface area contributed by atoms with Crippen LogP contribution in [0.2, 0.25) is 0 Å². The molecule has 0 spiro atoms. The maximum Gasteiger partial charge on any atom is 0.252 e. The summed E-state index contributed by atoms with van der Waals surface area (Å²) in [5, 5.41) is 12.2. The number of nitrogens with zero attached hydrogens (tertiary/aromatic N) is 3.